The molecule has 25 heavy (non-hydrogen) atoms. The molecule has 8 heteroatoms. The summed E-state index contributed by atoms with van der Waals surface area (Å²) >= 11 is 0. The number of aliphatic carboxylic acids is 1. The normalized spacial score (nSPS) is 20.2. The summed E-state index contributed by atoms with van der Waals surface area (Å²) in [6, 6.07) is 7.82. The van der Waals surface area contributed by atoms with Crippen molar-refractivity contribution >= 4 is 28.4 Å². The summed E-state index contributed by atoms with van der Waals surface area (Å²) in [6.07, 6.45) is 0.608. The first-order valence-corrected chi connectivity index (χ1v) is 7.86. The molecule has 8 nitrogen and oxygen atoms in total. The maximum atomic E-state index is 11.4. The van der Waals surface area contributed by atoms with Gasteiger partial charge in [0.2, 0.25) is 0 Å². The van der Waals surface area contributed by atoms with Crippen molar-refractivity contribution in [3.05, 3.63) is 39.9 Å². The minimum absolute atomic E-state index is 0.101. The molecular formula is C17H16N4O4. The molecule has 1 N–H and O–H groups in total. The molecule has 2 heterocycles. The summed E-state index contributed by atoms with van der Waals surface area (Å²) < 4.78 is 0. The molecule has 1 aromatic heterocycles. The van der Waals surface area contributed by atoms with Crippen LogP contribution in [0.2, 0.25) is 0 Å². The first-order chi connectivity index (χ1) is 11.9. The second-order valence-electron chi connectivity index (χ2n) is 6.38. The zero-order valence-electron chi connectivity index (χ0n) is 13.5. The van der Waals surface area contributed by atoms with Crippen molar-refractivity contribution in [2.75, 3.05) is 18.0 Å². The molecule has 0 aliphatic carbocycles. The van der Waals surface area contributed by atoms with Gasteiger partial charge in [-0.3, -0.25) is 14.9 Å². The number of nitro groups is 1. The van der Waals surface area contributed by atoms with Crippen LogP contribution in [-0.2, 0) is 4.79 Å². The van der Waals surface area contributed by atoms with Gasteiger partial charge in [0.1, 0.15) is 5.82 Å². The average molecular weight is 340 g/mol. The number of carboxylic acid groups (broad SMARTS) is 1. The highest BCUT2D eigenvalue weighted by Gasteiger charge is 2.30. The van der Waals surface area contributed by atoms with E-state index in [1.807, 2.05) is 11.8 Å². The van der Waals surface area contributed by atoms with Crippen molar-refractivity contribution in [1.29, 1.82) is 5.26 Å². The van der Waals surface area contributed by atoms with Crippen molar-refractivity contribution in [3.63, 3.8) is 0 Å². The summed E-state index contributed by atoms with van der Waals surface area (Å²) in [4.78, 5) is 28.1. The Hall–Kier alpha value is -3.21. The highest BCUT2D eigenvalue weighted by molar-refractivity contribution is 5.88. The highest BCUT2D eigenvalue weighted by atomic mass is 16.6. The van der Waals surface area contributed by atoms with E-state index in [0.29, 0.717) is 36.2 Å². The van der Waals surface area contributed by atoms with Crippen LogP contribution >= 0.6 is 0 Å². The predicted octanol–water partition coefficient (Wildman–Crippen LogP) is 2.56. The molecule has 1 aliphatic rings. The van der Waals surface area contributed by atoms with E-state index in [4.69, 9.17) is 0 Å². The lowest BCUT2D eigenvalue weighted by molar-refractivity contribution is -0.384. The molecule has 2 aromatic rings. The average Bonchev–Trinajstić information content (AvgIpc) is 2.59. The third kappa shape index (κ3) is 3.21. The van der Waals surface area contributed by atoms with E-state index < -0.39 is 16.8 Å². The lowest BCUT2D eigenvalue weighted by atomic mass is 9.90. The standard InChI is InChI=1S/C17H16N4O4/c1-10-4-12(17(22)23)9-20(8-10)16-5-11(7-18)14-6-13(21(24)25)2-3-15(14)19-16/h2-3,5-6,10,12H,4,8-9H2,1H3,(H,22,23). The van der Waals surface area contributed by atoms with E-state index in [1.54, 1.807) is 6.07 Å². The van der Waals surface area contributed by atoms with Crippen LogP contribution in [0.25, 0.3) is 10.9 Å². The van der Waals surface area contributed by atoms with Gasteiger partial charge in [0, 0.05) is 30.6 Å². The van der Waals surface area contributed by atoms with E-state index >= 15 is 0 Å². The van der Waals surface area contributed by atoms with Crippen LogP contribution in [0.1, 0.15) is 18.9 Å². The van der Waals surface area contributed by atoms with E-state index in [2.05, 4.69) is 11.1 Å². The quantitative estimate of drug-likeness (QED) is 0.673. The SMILES string of the molecule is CC1CC(C(=O)O)CN(c2cc(C#N)c3cc([N+](=O)[O-])ccc3n2)C1. The fourth-order valence-corrected chi connectivity index (χ4v) is 3.29. The van der Waals surface area contributed by atoms with Gasteiger partial charge in [0.15, 0.2) is 0 Å². The lowest BCUT2D eigenvalue weighted by Gasteiger charge is -2.35. The van der Waals surface area contributed by atoms with E-state index in [0.717, 1.165) is 0 Å². The van der Waals surface area contributed by atoms with Gasteiger partial charge < -0.3 is 10.0 Å². The van der Waals surface area contributed by atoms with Crippen LogP contribution in [0.3, 0.4) is 0 Å². The number of hydrogen-bond donors (Lipinski definition) is 1. The van der Waals surface area contributed by atoms with Gasteiger partial charge in [-0.2, -0.15) is 5.26 Å². The number of aromatic nitrogens is 1. The molecule has 0 saturated carbocycles. The number of hydrogen-bond acceptors (Lipinski definition) is 6. The minimum Gasteiger partial charge on any atom is -0.481 e. The van der Waals surface area contributed by atoms with Crippen LogP contribution in [0.5, 0.6) is 0 Å². The fourth-order valence-electron chi connectivity index (χ4n) is 3.29. The molecule has 1 aromatic carbocycles. The third-order valence-corrected chi connectivity index (χ3v) is 4.44. The van der Waals surface area contributed by atoms with Gasteiger partial charge in [0.05, 0.1) is 28.0 Å². The zero-order valence-corrected chi connectivity index (χ0v) is 13.5. The molecule has 0 radical (unpaired) electrons. The summed E-state index contributed by atoms with van der Waals surface area (Å²) in [5.41, 5.74) is 0.662. The Labute approximate surface area is 143 Å². The monoisotopic (exact) mass is 340 g/mol. The topological polar surface area (TPSA) is 120 Å². The molecule has 1 fully saturated rings. The number of nitriles is 1. The van der Waals surface area contributed by atoms with E-state index in [9.17, 15) is 25.3 Å². The molecule has 1 saturated heterocycles. The second kappa shape index (κ2) is 6.36. The lowest BCUT2D eigenvalue weighted by Crippen LogP contribution is -2.43. The Morgan fingerprint density at radius 2 is 2.20 bits per heavy atom. The minimum atomic E-state index is -0.839. The van der Waals surface area contributed by atoms with E-state index in [1.165, 1.54) is 18.2 Å². The van der Waals surface area contributed by atoms with Gasteiger partial charge in [-0.15, -0.1) is 0 Å². The van der Waals surface area contributed by atoms with Gasteiger partial charge in [-0.25, -0.2) is 4.98 Å². The Balaban J connectivity index is 2.05. The van der Waals surface area contributed by atoms with Crippen LogP contribution in [0, 0.1) is 33.3 Å². The summed E-state index contributed by atoms with van der Waals surface area (Å²) in [6.45, 7) is 2.97. The number of carboxylic acids is 1. The molecule has 0 amide bonds. The van der Waals surface area contributed by atoms with Crippen LogP contribution in [0.15, 0.2) is 24.3 Å². The molecule has 128 valence electrons. The molecule has 2 unspecified atom stereocenters. The van der Waals surface area contributed by atoms with Crippen LogP contribution < -0.4 is 4.90 Å². The number of nitro benzene ring substituents is 1. The maximum Gasteiger partial charge on any atom is 0.308 e. The molecule has 2 atom stereocenters. The number of rotatable bonds is 3. The Bertz CT molecular complexity index is 905. The number of carbonyl (C=O) groups is 1. The molecule has 1 aliphatic heterocycles. The van der Waals surface area contributed by atoms with Crippen molar-refractivity contribution in [2.24, 2.45) is 11.8 Å². The number of pyridine rings is 1. The number of non-ortho nitro benzene ring substituents is 1. The van der Waals surface area contributed by atoms with Crippen molar-refractivity contribution < 1.29 is 14.8 Å². The number of nitrogens with zero attached hydrogens (tertiary/aromatic N) is 4. The van der Waals surface area contributed by atoms with Gasteiger partial charge in [-0.05, 0) is 24.5 Å². The maximum absolute atomic E-state index is 11.4. The Morgan fingerprint density at radius 1 is 1.44 bits per heavy atom. The van der Waals surface area contributed by atoms with Crippen molar-refractivity contribution in [3.8, 4) is 6.07 Å². The molecule has 3 rings (SSSR count). The van der Waals surface area contributed by atoms with Crippen LogP contribution in [-0.4, -0.2) is 34.1 Å². The number of piperidine rings is 1. The fraction of sp³-hybridized carbons (Fsp3) is 0.353. The summed E-state index contributed by atoms with van der Waals surface area (Å²) in [7, 11) is 0. The number of anilines is 1. The van der Waals surface area contributed by atoms with Gasteiger partial charge in [-0.1, -0.05) is 6.92 Å². The zero-order chi connectivity index (χ0) is 18.1. The summed E-state index contributed by atoms with van der Waals surface area (Å²) in [5.74, 6) is -0.609. The van der Waals surface area contributed by atoms with Crippen LogP contribution in [0.4, 0.5) is 11.5 Å². The Kier molecular flexibility index (Phi) is 4.23. The highest BCUT2D eigenvalue weighted by Crippen LogP contribution is 2.30. The van der Waals surface area contributed by atoms with Gasteiger partial charge in [0.25, 0.3) is 5.69 Å². The van der Waals surface area contributed by atoms with Crippen molar-refractivity contribution in [2.45, 2.75) is 13.3 Å². The van der Waals surface area contributed by atoms with E-state index in [-0.39, 0.29) is 17.2 Å². The first-order valence-electron chi connectivity index (χ1n) is 7.86. The molecular weight excluding hydrogens is 324 g/mol. The predicted molar refractivity (Wildman–Crippen MR) is 90.2 cm³/mol. The smallest absolute Gasteiger partial charge is 0.308 e. The largest absolute Gasteiger partial charge is 0.481 e. The van der Waals surface area contributed by atoms with Crippen molar-refractivity contribution in [1.82, 2.24) is 4.98 Å². The molecule has 0 bridgehead atoms. The summed E-state index contributed by atoms with van der Waals surface area (Å²) in [5, 5.41) is 30.1. The van der Waals surface area contributed by atoms with Gasteiger partial charge >= 0.3 is 5.97 Å². The number of fused-ring (bicyclic) bond motifs is 1. The molecule has 0 spiro atoms. The third-order valence-electron chi connectivity index (χ3n) is 4.44. The Morgan fingerprint density at radius 3 is 2.84 bits per heavy atom. The second-order valence-corrected chi connectivity index (χ2v) is 6.38. The number of benzene rings is 1. The first kappa shape index (κ1) is 16.6.